The maximum atomic E-state index is 13.3. The maximum Gasteiger partial charge on any atom is 0.123 e. The highest BCUT2D eigenvalue weighted by Crippen LogP contribution is 2.23. The number of aromatic amines is 1. The van der Waals surface area contributed by atoms with Gasteiger partial charge in [0.25, 0.3) is 0 Å². The smallest absolute Gasteiger partial charge is 0.123 e. The van der Waals surface area contributed by atoms with Crippen molar-refractivity contribution in [3.8, 4) is 11.3 Å². The molecule has 6 heteroatoms. The Morgan fingerprint density at radius 1 is 0.852 bits per heavy atom. The fourth-order valence-electron chi connectivity index (χ4n) is 3.54. The summed E-state index contributed by atoms with van der Waals surface area (Å²) in [6, 6.07) is 13.3. The van der Waals surface area contributed by atoms with Gasteiger partial charge in [-0.15, -0.1) is 0 Å². The molecule has 0 saturated carbocycles. The van der Waals surface area contributed by atoms with Gasteiger partial charge >= 0.3 is 0 Å². The van der Waals surface area contributed by atoms with Crippen LogP contribution in [0.4, 0.5) is 8.78 Å². The minimum atomic E-state index is -0.241. The summed E-state index contributed by atoms with van der Waals surface area (Å²) < 4.78 is 26.5. The van der Waals surface area contributed by atoms with Crippen molar-refractivity contribution >= 4 is 0 Å². The van der Waals surface area contributed by atoms with Crippen LogP contribution in [0.15, 0.2) is 54.7 Å². The maximum absolute atomic E-state index is 13.3. The number of halogens is 2. The molecule has 4 nitrogen and oxygen atoms in total. The molecule has 3 aromatic rings. The first-order chi connectivity index (χ1) is 13.2. The molecule has 0 aliphatic carbocycles. The zero-order valence-corrected chi connectivity index (χ0v) is 15.0. The first kappa shape index (κ1) is 17.8. The molecule has 0 amide bonds. The van der Waals surface area contributed by atoms with Crippen molar-refractivity contribution < 1.29 is 8.78 Å². The fraction of sp³-hybridized carbons (Fsp3) is 0.286. The summed E-state index contributed by atoms with van der Waals surface area (Å²) in [7, 11) is 0. The molecule has 1 aliphatic heterocycles. The van der Waals surface area contributed by atoms with E-state index in [9.17, 15) is 8.78 Å². The molecule has 2 heterocycles. The summed E-state index contributed by atoms with van der Waals surface area (Å²) in [4.78, 5) is 4.74. The molecule has 1 aromatic heterocycles. The number of rotatable bonds is 5. The minimum Gasteiger partial charge on any atom is -0.297 e. The number of nitrogens with zero attached hydrogens (tertiary/aromatic N) is 3. The number of nitrogens with one attached hydrogen (secondary N) is 1. The van der Waals surface area contributed by atoms with E-state index in [2.05, 4.69) is 20.0 Å². The van der Waals surface area contributed by atoms with Crippen LogP contribution < -0.4 is 0 Å². The molecule has 4 rings (SSSR count). The molecule has 27 heavy (non-hydrogen) atoms. The molecular formula is C21H22F2N4. The Morgan fingerprint density at radius 2 is 1.56 bits per heavy atom. The highest BCUT2D eigenvalue weighted by atomic mass is 19.1. The van der Waals surface area contributed by atoms with Gasteiger partial charge in [-0.3, -0.25) is 14.9 Å². The van der Waals surface area contributed by atoms with E-state index in [1.807, 2.05) is 12.3 Å². The summed E-state index contributed by atoms with van der Waals surface area (Å²) >= 11 is 0. The van der Waals surface area contributed by atoms with E-state index in [-0.39, 0.29) is 11.6 Å². The summed E-state index contributed by atoms with van der Waals surface area (Å²) in [5.41, 5.74) is 4.00. The largest absolute Gasteiger partial charge is 0.297 e. The van der Waals surface area contributed by atoms with Crippen LogP contribution in [-0.4, -0.2) is 46.2 Å². The molecule has 1 saturated heterocycles. The van der Waals surface area contributed by atoms with Crippen molar-refractivity contribution in [1.29, 1.82) is 0 Å². The average molecular weight is 368 g/mol. The highest BCUT2D eigenvalue weighted by Gasteiger charge is 2.19. The van der Waals surface area contributed by atoms with E-state index in [0.717, 1.165) is 61.7 Å². The number of piperazine rings is 1. The van der Waals surface area contributed by atoms with Crippen LogP contribution in [0.25, 0.3) is 11.3 Å². The van der Waals surface area contributed by atoms with Crippen LogP contribution in [0.2, 0.25) is 0 Å². The van der Waals surface area contributed by atoms with Gasteiger partial charge in [0.1, 0.15) is 11.6 Å². The zero-order valence-electron chi connectivity index (χ0n) is 15.0. The Morgan fingerprint density at radius 3 is 2.26 bits per heavy atom. The first-order valence-electron chi connectivity index (χ1n) is 9.15. The monoisotopic (exact) mass is 368 g/mol. The molecule has 0 unspecified atom stereocenters. The molecule has 1 fully saturated rings. The molecule has 0 spiro atoms. The predicted octanol–water partition coefficient (Wildman–Crippen LogP) is 3.67. The van der Waals surface area contributed by atoms with Gasteiger partial charge < -0.3 is 0 Å². The van der Waals surface area contributed by atoms with Gasteiger partial charge in [0, 0.05) is 50.4 Å². The van der Waals surface area contributed by atoms with Crippen molar-refractivity contribution in [2.45, 2.75) is 13.1 Å². The van der Waals surface area contributed by atoms with Crippen molar-refractivity contribution in [2.75, 3.05) is 26.2 Å². The molecule has 0 atom stereocenters. The zero-order chi connectivity index (χ0) is 18.6. The van der Waals surface area contributed by atoms with Crippen molar-refractivity contribution in [1.82, 2.24) is 20.0 Å². The standard InChI is InChI=1S/C21H22F2N4/c22-19-6-4-17(5-7-19)21-18(13-24-25-21)15-27-10-8-26(9-11-27)14-16-2-1-3-20(23)12-16/h1-7,12-13H,8-11,14-15H2,(H,24,25). The summed E-state index contributed by atoms with van der Waals surface area (Å²) in [6.07, 6.45) is 1.85. The lowest BCUT2D eigenvalue weighted by molar-refractivity contribution is 0.122. The van der Waals surface area contributed by atoms with E-state index in [4.69, 9.17) is 0 Å². The second-order valence-corrected chi connectivity index (χ2v) is 6.96. The van der Waals surface area contributed by atoms with Gasteiger partial charge in [-0.05, 0) is 42.0 Å². The van der Waals surface area contributed by atoms with Gasteiger partial charge in [0.05, 0.1) is 11.9 Å². The molecule has 0 radical (unpaired) electrons. The van der Waals surface area contributed by atoms with Crippen molar-refractivity contribution in [3.05, 3.63) is 77.5 Å². The number of hydrogen-bond acceptors (Lipinski definition) is 3. The summed E-state index contributed by atoms with van der Waals surface area (Å²) in [5, 5.41) is 7.21. The molecule has 2 aromatic carbocycles. The lowest BCUT2D eigenvalue weighted by atomic mass is 10.1. The Kier molecular flexibility index (Phi) is 5.27. The molecule has 0 bridgehead atoms. The van der Waals surface area contributed by atoms with Gasteiger partial charge in [-0.2, -0.15) is 5.10 Å². The Hall–Kier alpha value is -2.57. The third-order valence-corrected chi connectivity index (χ3v) is 5.00. The molecule has 1 N–H and O–H groups in total. The Balaban J connectivity index is 1.35. The third-order valence-electron chi connectivity index (χ3n) is 5.00. The van der Waals surface area contributed by atoms with E-state index >= 15 is 0 Å². The third kappa shape index (κ3) is 4.40. The summed E-state index contributed by atoms with van der Waals surface area (Å²) in [6.45, 7) is 5.36. The normalized spacial score (nSPS) is 15.9. The van der Waals surface area contributed by atoms with Crippen molar-refractivity contribution in [3.63, 3.8) is 0 Å². The van der Waals surface area contributed by atoms with E-state index in [0.29, 0.717) is 0 Å². The predicted molar refractivity (Wildman–Crippen MR) is 101 cm³/mol. The number of H-pyrrole nitrogens is 1. The van der Waals surface area contributed by atoms with Gasteiger partial charge in [0.15, 0.2) is 0 Å². The van der Waals surface area contributed by atoms with Crippen LogP contribution in [-0.2, 0) is 13.1 Å². The quantitative estimate of drug-likeness (QED) is 0.746. The molecule has 140 valence electrons. The molecule has 1 aliphatic rings. The summed E-state index contributed by atoms with van der Waals surface area (Å²) in [5.74, 6) is -0.423. The van der Waals surface area contributed by atoms with Crippen LogP contribution in [0.5, 0.6) is 0 Å². The van der Waals surface area contributed by atoms with E-state index in [1.165, 1.54) is 18.2 Å². The first-order valence-corrected chi connectivity index (χ1v) is 9.15. The number of aromatic nitrogens is 2. The SMILES string of the molecule is Fc1ccc(-c2[nH]ncc2CN2CCN(Cc3cccc(F)c3)CC2)cc1. The van der Waals surface area contributed by atoms with Crippen molar-refractivity contribution in [2.24, 2.45) is 0 Å². The van der Waals surface area contributed by atoms with Crippen LogP contribution >= 0.6 is 0 Å². The Labute approximate surface area is 157 Å². The number of hydrogen-bond donors (Lipinski definition) is 1. The van der Waals surface area contributed by atoms with Gasteiger partial charge in [0.2, 0.25) is 0 Å². The molecular weight excluding hydrogens is 346 g/mol. The van der Waals surface area contributed by atoms with Crippen LogP contribution in [0, 0.1) is 11.6 Å². The van der Waals surface area contributed by atoms with Gasteiger partial charge in [-0.1, -0.05) is 12.1 Å². The Bertz CT molecular complexity index is 883. The average Bonchev–Trinajstić information content (AvgIpc) is 3.12. The second-order valence-electron chi connectivity index (χ2n) is 6.96. The second kappa shape index (κ2) is 7.98. The minimum absolute atomic E-state index is 0.181. The van der Waals surface area contributed by atoms with E-state index < -0.39 is 0 Å². The lowest BCUT2D eigenvalue weighted by Crippen LogP contribution is -2.45. The van der Waals surface area contributed by atoms with Crippen LogP contribution in [0.1, 0.15) is 11.1 Å². The van der Waals surface area contributed by atoms with Gasteiger partial charge in [-0.25, -0.2) is 8.78 Å². The van der Waals surface area contributed by atoms with Crippen LogP contribution in [0.3, 0.4) is 0 Å². The number of benzene rings is 2. The fourth-order valence-corrected chi connectivity index (χ4v) is 3.54. The van der Waals surface area contributed by atoms with E-state index in [1.54, 1.807) is 24.3 Å². The lowest BCUT2D eigenvalue weighted by Gasteiger charge is -2.34. The highest BCUT2D eigenvalue weighted by molar-refractivity contribution is 5.62. The topological polar surface area (TPSA) is 35.2 Å².